The topological polar surface area (TPSA) is 12.5 Å². The maximum Gasteiger partial charge on any atom is 0.119 e. The minimum atomic E-state index is 0.581. The molecular weight excluding hydrogens is 246 g/mol. The van der Waals surface area contributed by atoms with E-state index in [1.54, 1.807) is 0 Å². The van der Waals surface area contributed by atoms with E-state index in [0.717, 1.165) is 29.8 Å². The Hall–Kier alpha value is -1.17. The number of hydrogen-bond acceptors (Lipinski definition) is 2. The minimum Gasteiger partial charge on any atom is -0.492 e. The van der Waals surface area contributed by atoms with Crippen LogP contribution in [0.25, 0.3) is 0 Å². The summed E-state index contributed by atoms with van der Waals surface area (Å²) in [5, 5.41) is 0. The van der Waals surface area contributed by atoms with Gasteiger partial charge in [0, 0.05) is 24.4 Å². The fourth-order valence-corrected chi connectivity index (χ4v) is 1.51. The highest BCUT2D eigenvalue weighted by molar-refractivity contribution is 6.18. The standard InChI is InChI=1S/C15H20ClNO/c1-13-12-15(18-11-10-17(2)3)8-7-14(13)6-4-5-9-16/h7-8,12H,5,9-11H2,1-3H3. The van der Waals surface area contributed by atoms with E-state index in [1.165, 1.54) is 0 Å². The van der Waals surface area contributed by atoms with Crippen molar-refractivity contribution >= 4 is 11.6 Å². The highest BCUT2D eigenvalue weighted by Crippen LogP contribution is 2.16. The molecule has 0 bridgehead atoms. The second-order valence-electron chi connectivity index (χ2n) is 4.37. The zero-order chi connectivity index (χ0) is 13.4. The monoisotopic (exact) mass is 265 g/mol. The molecule has 0 aromatic heterocycles. The fourth-order valence-electron chi connectivity index (χ4n) is 1.42. The van der Waals surface area contributed by atoms with E-state index < -0.39 is 0 Å². The van der Waals surface area contributed by atoms with Crippen molar-refractivity contribution in [3.8, 4) is 17.6 Å². The number of benzene rings is 1. The van der Waals surface area contributed by atoms with Crippen LogP contribution in [0.1, 0.15) is 17.5 Å². The van der Waals surface area contributed by atoms with E-state index in [9.17, 15) is 0 Å². The first-order valence-corrected chi connectivity index (χ1v) is 6.60. The molecule has 0 spiro atoms. The Morgan fingerprint density at radius 1 is 1.33 bits per heavy atom. The number of rotatable bonds is 5. The van der Waals surface area contributed by atoms with Crippen molar-refractivity contribution in [3.63, 3.8) is 0 Å². The van der Waals surface area contributed by atoms with Crippen molar-refractivity contribution in [1.82, 2.24) is 4.90 Å². The van der Waals surface area contributed by atoms with Crippen LogP contribution in [-0.2, 0) is 0 Å². The van der Waals surface area contributed by atoms with E-state index in [0.29, 0.717) is 12.5 Å². The third-order valence-corrected chi connectivity index (χ3v) is 2.64. The van der Waals surface area contributed by atoms with Crippen molar-refractivity contribution in [2.75, 3.05) is 33.1 Å². The highest BCUT2D eigenvalue weighted by atomic mass is 35.5. The molecule has 0 heterocycles. The smallest absolute Gasteiger partial charge is 0.119 e. The van der Waals surface area contributed by atoms with E-state index in [-0.39, 0.29) is 0 Å². The van der Waals surface area contributed by atoms with Crippen LogP contribution in [-0.4, -0.2) is 38.0 Å². The minimum absolute atomic E-state index is 0.581. The maximum atomic E-state index is 5.67. The first-order chi connectivity index (χ1) is 8.63. The number of ether oxygens (including phenoxy) is 1. The highest BCUT2D eigenvalue weighted by Gasteiger charge is 1.99. The Kier molecular flexibility index (Phi) is 6.64. The third-order valence-electron chi connectivity index (χ3n) is 2.45. The average molecular weight is 266 g/mol. The first-order valence-electron chi connectivity index (χ1n) is 6.06. The van der Waals surface area contributed by atoms with Crippen LogP contribution in [0.3, 0.4) is 0 Å². The molecule has 0 aliphatic heterocycles. The van der Waals surface area contributed by atoms with Crippen molar-refractivity contribution in [2.45, 2.75) is 13.3 Å². The second kappa shape index (κ2) is 8.02. The van der Waals surface area contributed by atoms with Crippen molar-refractivity contribution in [1.29, 1.82) is 0 Å². The molecule has 0 radical (unpaired) electrons. The number of halogens is 1. The predicted octanol–water partition coefficient (Wildman–Crippen LogP) is 2.92. The molecular formula is C15H20ClNO. The largest absolute Gasteiger partial charge is 0.492 e. The lowest BCUT2D eigenvalue weighted by molar-refractivity contribution is 0.261. The summed E-state index contributed by atoms with van der Waals surface area (Å²) in [7, 11) is 4.06. The summed E-state index contributed by atoms with van der Waals surface area (Å²) < 4.78 is 5.67. The Bertz CT molecular complexity index is 432. The molecule has 0 aliphatic carbocycles. The van der Waals surface area contributed by atoms with E-state index in [2.05, 4.69) is 16.7 Å². The molecule has 0 unspecified atom stereocenters. The van der Waals surface area contributed by atoms with Gasteiger partial charge >= 0.3 is 0 Å². The number of nitrogens with zero attached hydrogens (tertiary/aromatic N) is 1. The van der Waals surface area contributed by atoms with E-state index in [4.69, 9.17) is 16.3 Å². The summed E-state index contributed by atoms with van der Waals surface area (Å²) in [4.78, 5) is 2.10. The molecule has 18 heavy (non-hydrogen) atoms. The van der Waals surface area contributed by atoms with Crippen molar-refractivity contribution < 1.29 is 4.74 Å². The molecule has 3 heteroatoms. The maximum absolute atomic E-state index is 5.67. The fraction of sp³-hybridized carbons (Fsp3) is 0.467. The van der Waals surface area contributed by atoms with Gasteiger partial charge in [0.05, 0.1) is 0 Å². The van der Waals surface area contributed by atoms with Crippen LogP contribution >= 0.6 is 11.6 Å². The van der Waals surface area contributed by atoms with Gasteiger partial charge in [-0.3, -0.25) is 0 Å². The van der Waals surface area contributed by atoms with Gasteiger partial charge in [0.2, 0.25) is 0 Å². The SMILES string of the molecule is Cc1cc(OCCN(C)C)ccc1C#CCCCl. The van der Waals surface area contributed by atoms with Gasteiger partial charge in [0.25, 0.3) is 0 Å². The number of likely N-dealkylation sites (N-methyl/N-ethyl adjacent to an activating group) is 1. The lowest BCUT2D eigenvalue weighted by Gasteiger charge is -2.11. The van der Waals surface area contributed by atoms with E-state index >= 15 is 0 Å². The Morgan fingerprint density at radius 2 is 2.11 bits per heavy atom. The summed E-state index contributed by atoms with van der Waals surface area (Å²) in [6.45, 7) is 3.66. The molecule has 0 aliphatic rings. The number of hydrogen-bond donors (Lipinski definition) is 0. The summed E-state index contributed by atoms with van der Waals surface area (Å²) in [5.74, 6) is 7.64. The summed E-state index contributed by atoms with van der Waals surface area (Å²) in [5.41, 5.74) is 2.18. The van der Waals surface area contributed by atoms with Crippen LogP contribution in [0.5, 0.6) is 5.75 Å². The Balaban J connectivity index is 2.60. The first kappa shape index (κ1) is 14.9. The summed E-state index contributed by atoms with van der Waals surface area (Å²) in [6.07, 6.45) is 0.724. The predicted molar refractivity (Wildman–Crippen MR) is 77.4 cm³/mol. The van der Waals surface area contributed by atoms with E-state index in [1.807, 2.05) is 39.2 Å². The Morgan fingerprint density at radius 3 is 2.72 bits per heavy atom. The van der Waals surface area contributed by atoms with Crippen LogP contribution < -0.4 is 4.74 Å². The number of alkyl halides is 1. The quantitative estimate of drug-likeness (QED) is 0.600. The molecule has 1 rings (SSSR count). The molecule has 0 N–H and O–H groups in total. The van der Waals surface area contributed by atoms with Crippen LogP contribution in [0, 0.1) is 18.8 Å². The molecule has 0 saturated heterocycles. The van der Waals surface area contributed by atoms with Crippen LogP contribution in [0.15, 0.2) is 18.2 Å². The van der Waals surface area contributed by atoms with Gasteiger partial charge in [0.15, 0.2) is 0 Å². The second-order valence-corrected chi connectivity index (χ2v) is 4.75. The van der Waals surface area contributed by atoms with Gasteiger partial charge in [-0.1, -0.05) is 11.8 Å². The molecule has 0 saturated carbocycles. The summed E-state index contributed by atoms with van der Waals surface area (Å²) in [6, 6.07) is 6.00. The molecule has 0 amide bonds. The third kappa shape index (κ3) is 5.44. The van der Waals surface area contributed by atoms with Gasteiger partial charge in [-0.2, -0.15) is 0 Å². The lowest BCUT2D eigenvalue weighted by atomic mass is 10.1. The van der Waals surface area contributed by atoms with Crippen molar-refractivity contribution in [3.05, 3.63) is 29.3 Å². The number of aryl methyl sites for hydroxylation is 1. The summed E-state index contributed by atoms with van der Waals surface area (Å²) >= 11 is 5.59. The van der Waals surface area contributed by atoms with Gasteiger partial charge in [-0.05, 0) is 44.8 Å². The van der Waals surface area contributed by atoms with Crippen LogP contribution in [0.2, 0.25) is 0 Å². The van der Waals surface area contributed by atoms with Gasteiger partial charge < -0.3 is 9.64 Å². The molecule has 1 aromatic rings. The zero-order valence-corrected chi connectivity index (χ0v) is 12.0. The normalized spacial score (nSPS) is 10.1. The molecule has 2 nitrogen and oxygen atoms in total. The van der Waals surface area contributed by atoms with Gasteiger partial charge in [0.1, 0.15) is 12.4 Å². The molecule has 0 atom stereocenters. The zero-order valence-electron chi connectivity index (χ0n) is 11.3. The molecule has 1 aromatic carbocycles. The van der Waals surface area contributed by atoms with Crippen molar-refractivity contribution in [2.24, 2.45) is 0 Å². The van der Waals surface area contributed by atoms with Gasteiger partial charge in [-0.25, -0.2) is 0 Å². The lowest BCUT2D eigenvalue weighted by Crippen LogP contribution is -2.19. The molecule has 98 valence electrons. The average Bonchev–Trinajstić information content (AvgIpc) is 2.31. The Labute approximate surface area is 115 Å². The molecule has 0 fully saturated rings. The van der Waals surface area contributed by atoms with Gasteiger partial charge in [-0.15, -0.1) is 11.6 Å². The van der Waals surface area contributed by atoms with Crippen LogP contribution in [0.4, 0.5) is 0 Å².